The van der Waals surface area contributed by atoms with Gasteiger partial charge in [-0.3, -0.25) is 9.59 Å². The van der Waals surface area contributed by atoms with Gasteiger partial charge in [-0.1, -0.05) is 38.8 Å². The van der Waals surface area contributed by atoms with Crippen LogP contribution >= 0.6 is 0 Å². The number of rotatable bonds is 4. The van der Waals surface area contributed by atoms with Crippen LogP contribution in [-0.2, 0) is 19.1 Å². The predicted octanol–water partition coefficient (Wildman–Crippen LogP) is 2.72. The largest absolute Gasteiger partial charge is 0.393 e. The normalized spacial score (nSPS) is 50.4. The standard InChI is InChI=1S/C25H34O6/c1-4-5-21-30-20-11-17-16-7-6-14-10-15(27)8-9-23(14,2)22(16)18(28)12-24(17,3)25(20,31-21)19(29)13-26/h8-10,16-18,20-22,26,28H,4-7,11-13H2,1-3H3/t16?,17-,18-,20+,21?,22+,23?,24?,25+/m0/s1. The molecule has 0 aromatic rings. The molecule has 1 saturated heterocycles. The number of ketones is 2. The summed E-state index contributed by atoms with van der Waals surface area (Å²) in [5.41, 5.74) is -1.05. The Hall–Kier alpha value is -1.34. The van der Waals surface area contributed by atoms with Crippen LogP contribution in [0.4, 0.5) is 0 Å². The molecule has 1 aliphatic heterocycles. The number of Topliss-reactive ketones (excluding diaryl/α,β-unsaturated/α-hetero) is 1. The first-order chi connectivity index (χ1) is 14.7. The van der Waals surface area contributed by atoms with Gasteiger partial charge in [-0.25, -0.2) is 0 Å². The Morgan fingerprint density at radius 2 is 2.10 bits per heavy atom. The SMILES string of the molecule is CCCC1O[C@@H]2C[C@H]3C4CCC5=CC(=O)C=CC5(C)[C@H]4[C@@H](O)CC3(C)[C@]2(C(=O)CO)O1. The molecule has 31 heavy (non-hydrogen) atoms. The van der Waals surface area contributed by atoms with E-state index in [1.807, 2.05) is 6.08 Å². The maximum Gasteiger partial charge on any atom is 0.193 e. The minimum atomic E-state index is -1.20. The molecule has 0 aromatic carbocycles. The highest BCUT2D eigenvalue weighted by Crippen LogP contribution is 2.69. The molecule has 4 aliphatic carbocycles. The third-order valence-corrected chi connectivity index (χ3v) is 9.37. The predicted molar refractivity (Wildman–Crippen MR) is 113 cm³/mol. The van der Waals surface area contributed by atoms with Crippen LogP contribution in [0.1, 0.15) is 59.3 Å². The Bertz CT molecular complexity index is 862. The Labute approximate surface area is 183 Å². The third-order valence-electron chi connectivity index (χ3n) is 9.37. The van der Waals surface area contributed by atoms with Crippen LogP contribution in [0.5, 0.6) is 0 Å². The summed E-state index contributed by atoms with van der Waals surface area (Å²) in [4.78, 5) is 25.2. The molecule has 0 bridgehead atoms. The second-order valence-corrected chi connectivity index (χ2v) is 10.7. The lowest BCUT2D eigenvalue weighted by Gasteiger charge is -2.59. The van der Waals surface area contributed by atoms with Crippen LogP contribution in [-0.4, -0.2) is 52.5 Å². The van der Waals surface area contributed by atoms with Crippen LogP contribution in [0.25, 0.3) is 0 Å². The number of carbonyl (C=O) groups is 2. The summed E-state index contributed by atoms with van der Waals surface area (Å²) in [5, 5.41) is 21.4. The fourth-order valence-electron chi connectivity index (χ4n) is 8.12. The molecule has 4 unspecified atom stereocenters. The highest BCUT2D eigenvalue weighted by Gasteiger charge is 2.75. The fraction of sp³-hybridized carbons (Fsp3) is 0.760. The van der Waals surface area contributed by atoms with Gasteiger partial charge >= 0.3 is 0 Å². The highest BCUT2D eigenvalue weighted by molar-refractivity contribution is 6.01. The molecule has 0 amide bonds. The van der Waals surface area contributed by atoms with E-state index in [4.69, 9.17) is 9.47 Å². The monoisotopic (exact) mass is 430 g/mol. The van der Waals surface area contributed by atoms with Gasteiger partial charge in [0.15, 0.2) is 23.5 Å². The second kappa shape index (κ2) is 7.08. The number of hydrogen-bond donors (Lipinski definition) is 2. The van der Waals surface area contributed by atoms with Gasteiger partial charge in [0.2, 0.25) is 0 Å². The summed E-state index contributed by atoms with van der Waals surface area (Å²) in [6.07, 6.45) is 8.31. The molecule has 2 N–H and O–H groups in total. The van der Waals surface area contributed by atoms with Crippen LogP contribution in [0, 0.1) is 28.6 Å². The molecule has 9 atom stereocenters. The van der Waals surface area contributed by atoms with E-state index in [-0.39, 0.29) is 34.7 Å². The molecule has 5 aliphatic rings. The maximum atomic E-state index is 13.2. The Morgan fingerprint density at radius 3 is 2.81 bits per heavy atom. The number of carbonyl (C=O) groups excluding carboxylic acids is 2. The Morgan fingerprint density at radius 1 is 1.32 bits per heavy atom. The molecule has 1 heterocycles. The average Bonchev–Trinajstić information content (AvgIpc) is 3.20. The van der Waals surface area contributed by atoms with Crippen molar-refractivity contribution >= 4 is 11.6 Å². The van der Waals surface area contributed by atoms with Crippen molar-refractivity contribution in [3.8, 4) is 0 Å². The van der Waals surface area contributed by atoms with Crippen LogP contribution in [0.15, 0.2) is 23.8 Å². The fourth-order valence-corrected chi connectivity index (χ4v) is 8.12. The molecule has 0 aromatic heterocycles. The molecule has 3 saturated carbocycles. The van der Waals surface area contributed by atoms with E-state index in [9.17, 15) is 19.8 Å². The summed E-state index contributed by atoms with van der Waals surface area (Å²) in [5.74, 6) is 0.0274. The first kappa shape index (κ1) is 21.5. The smallest absolute Gasteiger partial charge is 0.193 e. The van der Waals surface area contributed by atoms with Gasteiger partial charge in [0.05, 0.1) is 12.2 Å². The average molecular weight is 431 g/mol. The summed E-state index contributed by atoms with van der Waals surface area (Å²) in [7, 11) is 0. The number of aliphatic hydroxyl groups excluding tert-OH is 2. The van der Waals surface area contributed by atoms with Gasteiger partial charge < -0.3 is 19.7 Å². The molecule has 170 valence electrons. The first-order valence-corrected chi connectivity index (χ1v) is 11.8. The van der Waals surface area contributed by atoms with E-state index < -0.39 is 36.1 Å². The topological polar surface area (TPSA) is 93.1 Å². The van der Waals surface area contributed by atoms with Crippen molar-refractivity contribution in [2.24, 2.45) is 28.6 Å². The van der Waals surface area contributed by atoms with Gasteiger partial charge in [0.1, 0.15) is 6.61 Å². The summed E-state index contributed by atoms with van der Waals surface area (Å²) < 4.78 is 12.7. The maximum absolute atomic E-state index is 13.2. The summed E-state index contributed by atoms with van der Waals surface area (Å²) in [6.45, 7) is 5.67. The van der Waals surface area contributed by atoms with Crippen molar-refractivity contribution in [3.63, 3.8) is 0 Å². The van der Waals surface area contributed by atoms with Gasteiger partial charge in [-0.15, -0.1) is 0 Å². The quantitative estimate of drug-likeness (QED) is 0.712. The summed E-state index contributed by atoms with van der Waals surface area (Å²) >= 11 is 0. The minimum absolute atomic E-state index is 0.0125. The molecule has 5 rings (SSSR count). The van der Waals surface area contributed by atoms with Crippen molar-refractivity contribution in [2.45, 2.75) is 83.4 Å². The van der Waals surface area contributed by atoms with E-state index in [1.165, 1.54) is 0 Å². The molecule has 6 nitrogen and oxygen atoms in total. The summed E-state index contributed by atoms with van der Waals surface area (Å²) in [6, 6.07) is 0. The number of ether oxygens (including phenoxy) is 2. The Balaban J connectivity index is 1.55. The lowest BCUT2D eigenvalue weighted by molar-refractivity contribution is -0.200. The number of hydrogen-bond acceptors (Lipinski definition) is 6. The Kier molecular flexibility index (Phi) is 4.91. The van der Waals surface area contributed by atoms with E-state index in [0.29, 0.717) is 19.3 Å². The van der Waals surface area contributed by atoms with Crippen LogP contribution < -0.4 is 0 Å². The zero-order chi connectivity index (χ0) is 22.2. The van der Waals surface area contributed by atoms with Crippen molar-refractivity contribution in [3.05, 3.63) is 23.8 Å². The lowest BCUT2D eigenvalue weighted by Crippen LogP contribution is -2.63. The first-order valence-electron chi connectivity index (χ1n) is 11.8. The molecular formula is C25H34O6. The lowest BCUT2D eigenvalue weighted by atomic mass is 9.46. The van der Waals surface area contributed by atoms with Gasteiger partial charge in [-0.05, 0) is 56.1 Å². The molecular weight excluding hydrogens is 396 g/mol. The zero-order valence-corrected chi connectivity index (χ0v) is 18.7. The molecule has 6 heteroatoms. The minimum Gasteiger partial charge on any atom is -0.393 e. The van der Waals surface area contributed by atoms with E-state index in [0.717, 1.165) is 24.8 Å². The molecule has 0 spiro atoms. The second-order valence-electron chi connectivity index (χ2n) is 10.7. The van der Waals surface area contributed by atoms with Crippen molar-refractivity contribution in [1.29, 1.82) is 0 Å². The van der Waals surface area contributed by atoms with Crippen LogP contribution in [0.2, 0.25) is 0 Å². The molecule has 4 fully saturated rings. The number of aliphatic hydroxyl groups is 2. The molecule has 0 radical (unpaired) electrons. The van der Waals surface area contributed by atoms with Gasteiger partial charge in [-0.2, -0.15) is 0 Å². The van der Waals surface area contributed by atoms with Crippen LogP contribution in [0.3, 0.4) is 0 Å². The highest BCUT2D eigenvalue weighted by atomic mass is 16.7. The van der Waals surface area contributed by atoms with Gasteiger partial charge in [0, 0.05) is 16.7 Å². The number of fused-ring (bicyclic) bond motifs is 7. The van der Waals surface area contributed by atoms with E-state index >= 15 is 0 Å². The van der Waals surface area contributed by atoms with Crippen molar-refractivity contribution in [2.75, 3.05) is 6.61 Å². The third kappa shape index (κ3) is 2.65. The van der Waals surface area contributed by atoms with Crippen molar-refractivity contribution in [1.82, 2.24) is 0 Å². The van der Waals surface area contributed by atoms with E-state index in [1.54, 1.807) is 12.2 Å². The van der Waals surface area contributed by atoms with E-state index in [2.05, 4.69) is 20.8 Å². The number of allylic oxidation sites excluding steroid dienone is 4. The van der Waals surface area contributed by atoms with Gasteiger partial charge in [0.25, 0.3) is 0 Å². The van der Waals surface area contributed by atoms with Crippen molar-refractivity contribution < 1.29 is 29.3 Å². The zero-order valence-electron chi connectivity index (χ0n) is 18.7.